The molecule has 7 nitrogen and oxygen atoms in total. The number of anilines is 1. The molecule has 1 aromatic carbocycles. The van der Waals surface area contributed by atoms with Gasteiger partial charge in [0.25, 0.3) is 11.4 Å². The molecule has 2 aliphatic rings. The minimum atomic E-state index is -0.246. The summed E-state index contributed by atoms with van der Waals surface area (Å²) in [4.78, 5) is 31.0. The lowest BCUT2D eigenvalue weighted by molar-refractivity contribution is 0.116. The Morgan fingerprint density at radius 1 is 1.15 bits per heavy atom. The Morgan fingerprint density at radius 2 is 1.92 bits per heavy atom. The van der Waals surface area contributed by atoms with Crippen molar-refractivity contribution in [3.63, 3.8) is 0 Å². The van der Waals surface area contributed by atoms with Crippen molar-refractivity contribution in [2.45, 2.75) is 57.2 Å². The second-order valence-electron chi connectivity index (χ2n) is 10.7. The molecule has 1 aliphatic heterocycles. The molecule has 39 heavy (non-hydrogen) atoms. The molecular weight excluding hydrogens is 511 g/mol. The first-order valence-electron chi connectivity index (χ1n) is 13.5. The zero-order valence-electron chi connectivity index (χ0n) is 22.3. The maximum atomic E-state index is 13.9. The van der Waals surface area contributed by atoms with Crippen molar-refractivity contribution >= 4 is 33.9 Å². The summed E-state index contributed by atoms with van der Waals surface area (Å²) in [5, 5.41) is 3.24. The number of aryl methyl sites for hydroxylation is 1. The van der Waals surface area contributed by atoms with Crippen molar-refractivity contribution in [2.24, 2.45) is 7.05 Å². The van der Waals surface area contributed by atoms with Crippen molar-refractivity contribution in [1.29, 1.82) is 0 Å². The molecule has 2 fully saturated rings. The van der Waals surface area contributed by atoms with E-state index in [0.717, 1.165) is 29.2 Å². The van der Waals surface area contributed by atoms with Gasteiger partial charge in [-0.15, -0.1) is 16.3 Å². The molecule has 4 aromatic rings. The molecular formula is C30H31FN6OS. The van der Waals surface area contributed by atoms with Crippen LogP contribution in [-0.2, 0) is 7.05 Å². The third kappa shape index (κ3) is 4.72. The first-order chi connectivity index (χ1) is 18.9. The van der Waals surface area contributed by atoms with Crippen molar-refractivity contribution in [3.8, 4) is 0 Å². The predicted octanol–water partition coefficient (Wildman–Crippen LogP) is 6.04. The molecule has 1 aliphatic carbocycles. The van der Waals surface area contributed by atoms with Gasteiger partial charge >= 0.3 is 0 Å². The van der Waals surface area contributed by atoms with Crippen LogP contribution in [0.2, 0.25) is 0 Å². The zero-order chi connectivity index (χ0) is 27.3. The summed E-state index contributed by atoms with van der Waals surface area (Å²) in [6, 6.07) is 12.1. The van der Waals surface area contributed by atoms with Gasteiger partial charge in [-0.05, 0) is 56.0 Å². The quantitative estimate of drug-likeness (QED) is 0.278. The van der Waals surface area contributed by atoms with Gasteiger partial charge in [0.1, 0.15) is 10.8 Å². The molecule has 3 aromatic heterocycles. The summed E-state index contributed by atoms with van der Waals surface area (Å²) < 4.78 is 15.5. The van der Waals surface area contributed by atoms with Crippen LogP contribution in [0.4, 0.5) is 15.9 Å². The highest BCUT2D eigenvalue weighted by Crippen LogP contribution is 2.43. The van der Waals surface area contributed by atoms with Gasteiger partial charge in [0.15, 0.2) is 0 Å². The van der Waals surface area contributed by atoms with Crippen LogP contribution in [0, 0.1) is 12.4 Å². The van der Waals surface area contributed by atoms with Crippen LogP contribution in [0.5, 0.6) is 0 Å². The summed E-state index contributed by atoms with van der Waals surface area (Å²) in [6.45, 7) is 13.2. The first-order valence-corrected chi connectivity index (χ1v) is 14.4. The highest BCUT2D eigenvalue weighted by Gasteiger charge is 2.39. The molecule has 3 atom stereocenters. The number of halogens is 1. The monoisotopic (exact) mass is 542 g/mol. The number of thiazole rings is 1. The molecule has 0 N–H and O–H groups in total. The van der Waals surface area contributed by atoms with Gasteiger partial charge in [0.2, 0.25) is 5.52 Å². The number of pyridine rings is 2. The Bertz CT molecular complexity index is 1620. The average molecular weight is 543 g/mol. The molecule has 9 heteroatoms. The smallest absolute Gasteiger partial charge is 0.270 e. The van der Waals surface area contributed by atoms with E-state index in [4.69, 9.17) is 11.6 Å². The van der Waals surface area contributed by atoms with E-state index >= 15 is 0 Å². The lowest BCUT2D eigenvalue weighted by Crippen LogP contribution is -2.58. The van der Waals surface area contributed by atoms with Crippen LogP contribution in [0.25, 0.3) is 15.9 Å². The topological polar surface area (TPSA) is 58.6 Å². The molecule has 0 spiro atoms. The number of hydrogen-bond acceptors (Lipinski definition) is 6. The molecule has 1 saturated carbocycles. The third-order valence-corrected chi connectivity index (χ3v) is 9.03. The van der Waals surface area contributed by atoms with E-state index in [9.17, 15) is 9.18 Å². The van der Waals surface area contributed by atoms with Gasteiger partial charge in [0.05, 0.1) is 22.9 Å². The SMILES string of the molecule is [C-]#[N+]c1ccc2c(n1)c(N1C[C@@H](CC)N(C(c3ccc(F)cc3)c3nc(C4CC4)cs3)C[C@@H]1C)cc(=O)n2C. The molecule has 4 heterocycles. The number of rotatable bonds is 6. The predicted molar refractivity (Wildman–Crippen MR) is 153 cm³/mol. The minimum Gasteiger partial charge on any atom is -0.362 e. The molecule has 6 rings (SSSR count). The van der Waals surface area contributed by atoms with E-state index in [2.05, 4.69) is 38.9 Å². The van der Waals surface area contributed by atoms with E-state index < -0.39 is 0 Å². The van der Waals surface area contributed by atoms with Gasteiger partial charge in [-0.3, -0.25) is 9.69 Å². The molecule has 0 radical (unpaired) electrons. The van der Waals surface area contributed by atoms with E-state index in [1.165, 1.54) is 30.7 Å². The summed E-state index contributed by atoms with van der Waals surface area (Å²) in [5.41, 5.74) is 4.27. The minimum absolute atomic E-state index is 0.0623. The maximum Gasteiger partial charge on any atom is 0.270 e. The summed E-state index contributed by atoms with van der Waals surface area (Å²) in [7, 11) is 1.74. The van der Waals surface area contributed by atoms with E-state index in [-0.39, 0.29) is 29.5 Å². The lowest BCUT2D eigenvalue weighted by atomic mass is 9.97. The zero-order valence-corrected chi connectivity index (χ0v) is 23.2. The Kier molecular flexibility index (Phi) is 6.69. The summed E-state index contributed by atoms with van der Waals surface area (Å²) >= 11 is 1.70. The third-order valence-electron chi connectivity index (χ3n) is 8.12. The average Bonchev–Trinajstić information content (AvgIpc) is 3.69. The number of benzene rings is 1. The van der Waals surface area contributed by atoms with E-state index in [1.54, 1.807) is 35.1 Å². The van der Waals surface area contributed by atoms with Gasteiger partial charge in [-0.2, -0.15) is 0 Å². The van der Waals surface area contributed by atoms with Gasteiger partial charge in [-0.1, -0.05) is 25.6 Å². The Balaban J connectivity index is 1.40. The Hall–Kier alpha value is -3.61. The molecule has 0 amide bonds. The van der Waals surface area contributed by atoms with Crippen LogP contribution in [0.3, 0.4) is 0 Å². The van der Waals surface area contributed by atoms with Crippen LogP contribution in [0.1, 0.15) is 61.3 Å². The number of aromatic nitrogens is 3. The second kappa shape index (κ2) is 10.2. The highest BCUT2D eigenvalue weighted by molar-refractivity contribution is 7.09. The highest BCUT2D eigenvalue weighted by atomic mass is 32.1. The van der Waals surface area contributed by atoms with Gasteiger partial charge in [-0.25, -0.2) is 9.37 Å². The van der Waals surface area contributed by atoms with Crippen molar-refractivity contribution < 1.29 is 4.39 Å². The maximum absolute atomic E-state index is 13.9. The van der Waals surface area contributed by atoms with Crippen LogP contribution in [-0.4, -0.2) is 44.6 Å². The molecule has 0 bridgehead atoms. The van der Waals surface area contributed by atoms with Crippen molar-refractivity contribution in [1.82, 2.24) is 19.4 Å². The Labute approximate surface area is 231 Å². The standard InChI is InChI=1S/C30H31FN6OS/c1-5-22-16-36(25-14-27(38)35(4)24-12-13-26(32-3)34-28(24)25)18(2)15-37(22)29(20-8-10-21(31)11-9-20)30-33-23(17-39-30)19-6-7-19/h8-14,17-19,22,29H,5-7,15-16H2,1-2,4H3/t18-,22+,29?/m0/s1. The van der Waals surface area contributed by atoms with Gasteiger partial charge < -0.3 is 14.3 Å². The number of nitrogens with zero attached hydrogens (tertiary/aromatic N) is 6. The number of piperazine rings is 1. The fourth-order valence-electron chi connectivity index (χ4n) is 5.78. The summed E-state index contributed by atoms with van der Waals surface area (Å²) in [6.07, 6.45) is 3.29. The normalized spacial score (nSPS) is 20.7. The lowest BCUT2D eigenvalue weighted by Gasteiger charge is -2.48. The van der Waals surface area contributed by atoms with Crippen LogP contribution >= 0.6 is 11.3 Å². The van der Waals surface area contributed by atoms with Crippen molar-refractivity contribution in [3.05, 3.63) is 91.7 Å². The van der Waals surface area contributed by atoms with E-state index in [1.807, 2.05) is 18.2 Å². The molecule has 200 valence electrons. The number of hydrogen-bond donors (Lipinski definition) is 0. The second-order valence-corrected chi connectivity index (χ2v) is 11.6. The fraction of sp³-hybridized carbons (Fsp3) is 0.400. The number of fused-ring (bicyclic) bond motifs is 1. The van der Waals surface area contributed by atoms with Crippen LogP contribution in [0.15, 0.2) is 52.6 Å². The van der Waals surface area contributed by atoms with Crippen molar-refractivity contribution in [2.75, 3.05) is 18.0 Å². The first kappa shape index (κ1) is 25.7. The molecule has 1 unspecified atom stereocenters. The van der Waals surface area contributed by atoms with Crippen LogP contribution < -0.4 is 10.5 Å². The fourth-order valence-corrected chi connectivity index (χ4v) is 6.82. The van der Waals surface area contributed by atoms with Gasteiger partial charge in [0, 0.05) is 49.6 Å². The largest absolute Gasteiger partial charge is 0.362 e. The summed E-state index contributed by atoms with van der Waals surface area (Å²) in [5.74, 6) is 0.639. The molecule has 1 saturated heterocycles. The Morgan fingerprint density at radius 3 is 2.62 bits per heavy atom. The van der Waals surface area contributed by atoms with E-state index in [0.29, 0.717) is 29.3 Å².